The monoisotopic (exact) mass is 307 g/mol. The molecule has 0 aliphatic heterocycles. The van der Waals surface area contributed by atoms with Gasteiger partial charge in [0.05, 0.1) is 6.54 Å². The van der Waals surface area contributed by atoms with Gasteiger partial charge in [0, 0.05) is 39.4 Å². The van der Waals surface area contributed by atoms with Crippen molar-refractivity contribution in [1.29, 1.82) is 0 Å². The Kier molecular flexibility index (Phi) is 4.73. The van der Waals surface area contributed by atoms with Gasteiger partial charge in [-0.1, -0.05) is 0 Å². The van der Waals surface area contributed by atoms with E-state index in [-0.39, 0.29) is 5.91 Å². The van der Waals surface area contributed by atoms with Crippen LogP contribution in [0, 0.1) is 6.92 Å². The fourth-order valence-corrected chi connectivity index (χ4v) is 3.34. The summed E-state index contributed by atoms with van der Waals surface area (Å²) in [4.78, 5) is 16.0. The summed E-state index contributed by atoms with van der Waals surface area (Å²) in [5.74, 6) is -0.0220. The molecule has 0 N–H and O–H groups in total. The van der Waals surface area contributed by atoms with Crippen molar-refractivity contribution in [2.24, 2.45) is 0 Å². The molecule has 0 radical (unpaired) electrons. The van der Waals surface area contributed by atoms with E-state index in [2.05, 4.69) is 13.0 Å². The Bertz CT molecular complexity index is 632. The van der Waals surface area contributed by atoms with Crippen molar-refractivity contribution in [2.45, 2.75) is 18.4 Å². The maximum atomic E-state index is 12.3. The number of hydrogen-bond donors (Lipinski definition) is 0. The molecule has 0 saturated carbocycles. The molecule has 2 rings (SSSR count). The van der Waals surface area contributed by atoms with Crippen LogP contribution in [0.3, 0.4) is 0 Å². The highest BCUT2D eigenvalue weighted by molar-refractivity contribution is 7.84. The smallest absolute Gasteiger partial charge is 0.253 e. The van der Waals surface area contributed by atoms with Gasteiger partial charge in [0.1, 0.15) is 0 Å². The molecule has 1 unspecified atom stereocenters. The minimum atomic E-state index is -1.01. The first-order valence-corrected chi connectivity index (χ1v) is 8.64. The highest BCUT2D eigenvalue weighted by Crippen LogP contribution is 2.18. The Balaban J connectivity index is 2.10. The van der Waals surface area contributed by atoms with E-state index in [1.54, 1.807) is 53.8 Å². The zero-order valence-electron chi connectivity index (χ0n) is 11.8. The number of carbonyl (C=O) groups is 1. The molecule has 20 heavy (non-hydrogen) atoms. The van der Waals surface area contributed by atoms with Gasteiger partial charge in [-0.2, -0.15) is 0 Å². The summed E-state index contributed by atoms with van der Waals surface area (Å²) in [7, 11) is 0.785. The van der Waals surface area contributed by atoms with E-state index in [1.807, 2.05) is 5.38 Å². The normalized spacial score (nSPS) is 12.2. The molecule has 0 saturated heterocycles. The number of benzene rings is 1. The van der Waals surface area contributed by atoms with Gasteiger partial charge in [0.15, 0.2) is 0 Å². The third-order valence-corrected chi connectivity index (χ3v) is 5.07. The van der Waals surface area contributed by atoms with Crippen molar-refractivity contribution in [3.05, 3.63) is 51.7 Å². The maximum absolute atomic E-state index is 12.3. The molecule has 1 aromatic carbocycles. The van der Waals surface area contributed by atoms with Gasteiger partial charge in [-0.15, -0.1) is 11.3 Å². The molecule has 106 valence electrons. The largest absolute Gasteiger partial charge is 0.337 e. The quantitative estimate of drug-likeness (QED) is 0.870. The average molecular weight is 307 g/mol. The molecule has 0 spiro atoms. The van der Waals surface area contributed by atoms with Crippen molar-refractivity contribution in [2.75, 3.05) is 13.3 Å². The SMILES string of the molecule is Cc1ccsc1CN(C)C(=O)c1ccc(S(C)=O)cc1. The van der Waals surface area contributed by atoms with Crippen molar-refractivity contribution >= 4 is 28.0 Å². The molecule has 0 bridgehead atoms. The number of amides is 1. The highest BCUT2D eigenvalue weighted by Gasteiger charge is 2.13. The second-order valence-electron chi connectivity index (χ2n) is 4.67. The summed E-state index contributed by atoms with van der Waals surface area (Å²) in [6, 6.07) is 9.01. The zero-order valence-corrected chi connectivity index (χ0v) is 13.4. The van der Waals surface area contributed by atoms with Crippen molar-refractivity contribution in [3.63, 3.8) is 0 Å². The Morgan fingerprint density at radius 1 is 1.25 bits per heavy atom. The molecule has 3 nitrogen and oxygen atoms in total. The van der Waals surface area contributed by atoms with E-state index in [9.17, 15) is 9.00 Å². The van der Waals surface area contributed by atoms with E-state index in [1.165, 1.54) is 10.4 Å². The second-order valence-corrected chi connectivity index (χ2v) is 7.05. The van der Waals surface area contributed by atoms with Crippen LogP contribution in [0.15, 0.2) is 40.6 Å². The molecular weight excluding hydrogens is 290 g/mol. The minimum Gasteiger partial charge on any atom is -0.337 e. The number of thiophene rings is 1. The van der Waals surface area contributed by atoms with Crippen LogP contribution in [-0.4, -0.2) is 28.3 Å². The predicted molar refractivity (Wildman–Crippen MR) is 83.6 cm³/mol. The first-order chi connectivity index (χ1) is 9.49. The first-order valence-electron chi connectivity index (χ1n) is 6.21. The Hall–Kier alpha value is -1.46. The fourth-order valence-electron chi connectivity index (χ4n) is 1.86. The molecule has 1 atom stereocenters. The molecule has 2 aromatic rings. The summed E-state index contributed by atoms with van der Waals surface area (Å²) in [5.41, 5.74) is 1.84. The summed E-state index contributed by atoms with van der Waals surface area (Å²) >= 11 is 1.66. The molecule has 1 aromatic heterocycles. The Morgan fingerprint density at radius 3 is 2.40 bits per heavy atom. The predicted octanol–water partition coefficient (Wildman–Crippen LogP) is 3.07. The third-order valence-electron chi connectivity index (χ3n) is 3.13. The summed E-state index contributed by atoms with van der Waals surface area (Å²) in [5, 5.41) is 2.04. The van der Waals surface area contributed by atoms with E-state index in [0.717, 1.165) is 4.90 Å². The number of aryl methyl sites for hydroxylation is 1. The van der Waals surface area contributed by atoms with Crippen LogP contribution in [0.5, 0.6) is 0 Å². The van der Waals surface area contributed by atoms with Gasteiger partial charge in [-0.25, -0.2) is 0 Å². The number of carbonyl (C=O) groups excluding carboxylic acids is 1. The molecule has 0 fully saturated rings. The van der Waals surface area contributed by atoms with E-state index >= 15 is 0 Å². The van der Waals surface area contributed by atoms with Crippen LogP contribution in [0.1, 0.15) is 20.8 Å². The van der Waals surface area contributed by atoms with E-state index in [0.29, 0.717) is 12.1 Å². The molecule has 1 amide bonds. The summed E-state index contributed by atoms with van der Waals surface area (Å²) < 4.78 is 11.3. The molecule has 0 aliphatic rings. The number of nitrogens with zero attached hydrogens (tertiary/aromatic N) is 1. The lowest BCUT2D eigenvalue weighted by Crippen LogP contribution is -2.26. The van der Waals surface area contributed by atoms with Gasteiger partial charge in [-0.05, 0) is 48.2 Å². The zero-order chi connectivity index (χ0) is 14.7. The van der Waals surface area contributed by atoms with E-state index in [4.69, 9.17) is 0 Å². The minimum absolute atomic E-state index is 0.0220. The average Bonchev–Trinajstić information content (AvgIpc) is 2.83. The lowest BCUT2D eigenvalue weighted by atomic mass is 10.2. The maximum Gasteiger partial charge on any atom is 0.253 e. The van der Waals surface area contributed by atoms with Crippen molar-refractivity contribution < 1.29 is 9.00 Å². The molecule has 5 heteroatoms. The van der Waals surface area contributed by atoms with Crippen LogP contribution < -0.4 is 0 Å². The van der Waals surface area contributed by atoms with Crippen LogP contribution in [0.2, 0.25) is 0 Å². The summed E-state index contributed by atoms with van der Waals surface area (Å²) in [6.07, 6.45) is 1.63. The third kappa shape index (κ3) is 3.35. The second kappa shape index (κ2) is 6.33. The van der Waals surface area contributed by atoms with Crippen LogP contribution in [-0.2, 0) is 17.3 Å². The van der Waals surface area contributed by atoms with E-state index < -0.39 is 10.8 Å². The fraction of sp³-hybridized carbons (Fsp3) is 0.267. The number of hydrogen-bond acceptors (Lipinski definition) is 3. The van der Waals surface area contributed by atoms with Crippen LogP contribution >= 0.6 is 11.3 Å². The summed E-state index contributed by atoms with van der Waals surface area (Å²) in [6.45, 7) is 2.67. The van der Waals surface area contributed by atoms with Gasteiger partial charge in [-0.3, -0.25) is 9.00 Å². The van der Waals surface area contributed by atoms with Crippen LogP contribution in [0.25, 0.3) is 0 Å². The van der Waals surface area contributed by atoms with Crippen LogP contribution in [0.4, 0.5) is 0 Å². The van der Waals surface area contributed by atoms with Gasteiger partial charge >= 0.3 is 0 Å². The van der Waals surface area contributed by atoms with Crippen molar-refractivity contribution in [3.8, 4) is 0 Å². The highest BCUT2D eigenvalue weighted by atomic mass is 32.2. The van der Waals surface area contributed by atoms with Gasteiger partial charge < -0.3 is 4.90 Å². The first kappa shape index (κ1) is 14.9. The lowest BCUT2D eigenvalue weighted by Gasteiger charge is -2.17. The topological polar surface area (TPSA) is 37.4 Å². The molecule has 0 aliphatic carbocycles. The number of rotatable bonds is 4. The Morgan fingerprint density at radius 2 is 1.90 bits per heavy atom. The lowest BCUT2D eigenvalue weighted by molar-refractivity contribution is 0.0786. The van der Waals surface area contributed by atoms with Crippen molar-refractivity contribution in [1.82, 2.24) is 4.90 Å². The standard InChI is InChI=1S/C15H17NO2S2/c1-11-8-9-19-14(11)10-16(2)15(17)12-4-6-13(7-5-12)20(3)18/h4-9H,10H2,1-3H3. The molecular formula is C15H17NO2S2. The van der Waals surface area contributed by atoms with Gasteiger partial charge in [0.25, 0.3) is 5.91 Å². The Labute approximate surface area is 125 Å². The molecule has 1 heterocycles. The van der Waals surface area contributed by atoms with Gasteiger partial charge in [0.2, 0.25) is 0 Å².